The maximum absolute atomic E-state index is 3.59. The third-order valence-corrected chi connectivity index (χ3v) is 5.43. The van der Waals surface area contributed by atoms with Crippen LogP contribution in [0.4, 0.5) is 0 Å². The highest BCUT2D eigenvalue weighted by Gasteiger charge is 2.26. The summed E-state index contributed by atoms with van der Waals surface area (Å²) in [5.74, 6) is 1.92. The molecule has 0 bridgehead atoms. The van der Waals surface area contributed by atoms with E-state index in [0.29, 0.717) is 0 Å². The Kier molecular flexibility index (Phi) is 6.66. The fraction of sp³-hybridized carbons (Fsp3) is 1.00. The first kappa shape index (κ1) is 15.3. The molecule has 0 aromatic carbocycles. The molecule has 2 heteroatoms. The largest absolute Gasteiger partial charge is 0.317 e. The van der Waals surface area contributed by atoms with Crippen LogP contribution in [0.2, 0.25) is 0 Å². The summed E-state index contributed by atoms with van der Waals surface area (Å²) in [6.07, 6.45) is 12.9. The lowest BCUT2D eigenvalue weighted by Crippen LogP contribution is -2.43. The first-order valence-corrected chi connectivity index (χ1v) is 8.73. The SMILES string of the molecule is CCCC1CCN(CC2CCCCCC2NC)CC1. The highest BCUT2D eigenvalue weighted by molar-refractivity contribution is 4.82. The second kappa shape index (κ2) is 8.26. The number of piperidine rings is 1. The van der Waals surface area contributed by atoms with Crippen LogP contribution < -0.4 is 5.32 Å². The van der Waals surface area contributed by atoms with Crippen LogP contribution in [-0.4, -0.2) is 37.6 Å². The standard InChI is InChI=1S/C17H34N2/c1-3-7-15-10-12-19(13-11-15)14-16-8-5-4-6-9-17(16)18-2/h15-18H,3-14H2,1-2H3. The molecule has 1 heterocycles. The van der Waals surface area contributed by atoms with Gasteiger partial charge in [0.05, 0.1) is 0 Å². The monoisotopic (exact) mass is 266 g/mol. The second-order valence-electron chi connectivity index (χ2n) is 6.83. The van der Waals surface area contributed by atoms with Crippen LogP contribution in [0.3, 0.4) is 0 Å². The van der Waals surface area contributed by atoms with Crippen molar-refractivity contribution in [3.63, 3.8) is 0 Å². The van der Waals surface area contributed by atoms with E-state index >= 15 is 0 Å². The van der Waals surface area contributed by atoms with E-state index in [1.165, 1.54) is 77.4 Å². The molecule has 1 N–H and O–H groups in total. The quantitative estimate of drug-likeness (QED) is 0.764. The normalized spacial score (nSPS) is 31.3. The predicted molar refractivity (Wildman–Crippen MR) is 83.5 cm³/mol. The summed E-state index contributed by atoms with van der Waals surface area (Å²) in [6.45, 7) is 6.40. The van der Waals surface area contributed by atoms with Crippen molar-refractivity contribution in [2.75, 3.05) is 26.7 Å². The van der Waals surface area contributed by atoms with Crippen LogP contribution in [0.25, 0.3) is 0 Å². The van der Waals surface area contributed by atoms with Crippen LogP contribution in [0, 0.1) is 11.8 Å². The van der Waals surface area contributed by atoms with Gasteiger partial charge in [-0.3, -0.25) is 0 Å². The summed E-state index contributed by atoms with van der Waals surface area (Å²) in [5, 5.41) is 3.59. The Bertz CT molecular complexity index is 233. The van der Waals surface area contributed by atoms with E-state index in [1.54, 1.807) is 0 Å². The van der Waals surface area contributed by atoms with E-state index < -0.39 is 0 Å². The van der Waals surface area contributed by atoms with Crippen molar-refractivity contribution in [2.24, 2.45) is 11.8 Å². The highest BCUT2D eigenvalue weighted by Crippen LogP contribution is 2.27. The summed E-state index contributed by atoms with van der Waals surface area (Å²) < 4.78 is 0. The molecule has 0 aromatic heterocycles. The summed E-state index contributed by atoms with van der Waals surface area (Å²) in [7, 11) is 2.16. The number of hydrogen-bond donors (Lipinski definition) is 1. The molecule has 2 rings (SSSR count). The number of rotatable bonds is 5. The molecule has 2 atom stereocenters. The molecule has 112 valence electrons. The number of likely N-dealkylation sites (tertiary alicyclic amines) is 1. The van der Waals surface area contributed by atoms with Crippen molar-refractivity contribution < 1.29 is 0 Å². The Morgan fingerprint density at radius 2 is 1.74 bits per heavy atom. The topological polar surface area (TPSA) is 15.3 Å². The Morgan fingerprint density at radius 3 is 2.42 bits per heavy atom. The minimum Gasteiger partial charge on any atom is -0.317 e. The molecule has 1 saturated heterocycles. The van der Waals surface area contributed by atoms with Gasteiger partial charge >= 0.3 is 0 Å². The molecule has 1 aliphatic carbocycles. The lowest BCUT2D eigenvalue weighted by atomic mass is 9.90. The summed E-state index contributed by atoms with van der Waals surface area (Å²) in [5.41, 5.74) is 0. The van der Waals surface area contributed by atoms with Crippen molar-refractivity contribution in [2.45, 2.75) is 70.8 Å². The number of hydrogen-bond acceptors (Lipinski definition) is 2. The van der Waals surface area contributed by atoms with Crippen molar-refractivity contribution in [1.29, 1.82) is 0 Å². The van der Waals surface area contributed by atoms with E-state index in [9.17, 15) is 0 Å². The van der Waals surface area contributed by atoms with E-state index in [-0.39, 0.29) is 0 Å². The van der Waals surface area contributed by atoms with Gasteiger partial charge in [0.15, 0.2) is 0 Å². The molecule has 0 radical (unpaired) electrons. The van der Waals surface area contributed by atoms with Crippen LogP contribution in [0.15, 0.2) is 0 Å². The van der Waals surface area contributed by atoms with Crippen molar-refractivity contribution in [3.8, 4) is 0 Å². The average Bonchev–Trinajstić information content (AvgIpc) is 2.66. The molecule has 0 amide bonds. The summed E-state index contributed by atoms with van der Waals surface area (Å²) in [4.78, 5) is 2.76. The first-order chi connectivity index (χ1) is 9.33. The lowest BCUT2D eigenvalue weighted by molar-refractivity contribution is 0.140. The van der Waals surface area contributed by atoms with Gasteiger partial charge < -0.3 is 10.2 Å². The Labute approximate surface area is 120 Å². The smallest absolute Gasteiger partial charge is 0.0104 e. The van der Waals surface area contributed by atoms with Crippen LogP contribution in [0.5, 0.6) is 0 Å². The summed E-state index contributed by atoms with van der Waals surface area (Å²) in [6, 6.07) is 0.774. The number of nitrogens with one attached hydrogen (secondary N) is 1. The van der Waals surface area contributed by atoms with Crippen molar-refractivity contribution in [1.82, 2.24) is 10.2 Å². The molecule has 2 nitrogen and oxygen atoms in total. The van der Waals surface area contributed by atoms with E-state index in [1.807, 2.05) is 0 Å². The van der Waals surface area contributed by atoms with E-state index in [2.05, 4.69) is 24.2 Å². The highest BCUT2D eigenvalue weighted by atomic mass is 15.1. The zero-order valence-corrected chi connectivity index (χ0v) is 13.2. The third kappa shape index (κ3) is 4.75. The van der Waals surface area contributed by atoms with Gasteiger partial charge in [0.25, 0.3) is 0 Å². The molecular formula is C17H34N2. The molecule has 1 saturated carbocycles. The first-order valence-electron chi connectivity index (χ1n) is 8.73. The fourth-order valence-electron chi connectivity index (χ4n) is 4.18. The Morgan fingerprint density at radius 1 is 1.00 bits per heavy atom. The lowest BCUT2D eigenvalue weighted by Gasteiger charge is -2.36. The van der Waals surface area contributed by atoms with Crippen molar-refractivity contribution in [3.05, 3.63) is 0 Å². The number of nitrogens with zero attached hydrogens (tertiary/aromatic N) is 1. The van der Waals surface area contributed by atoms with Gasteiger partial charge in [-0.15, -0.1) is 0 Å². The molecular weight excluding hydrogens is 232 g/mol. The average molecular weight is 266 g/mol. The second-order valence-corrected chi connectivity index (χ2v) is 6.83. The van der Waals surface area contributed by atoms with Gasteiger partial charge in [0.1, 0.15) is 0 Å². The Hall–Kier alpha value is -0.0800. The van der Waals surface area contributed by atoms with Gasteiger partial charge in [-0.25, -0.2) is 0 Å². The van der Waals surface area contributed by atoms with Crippen LogP contribution in [-0.2, 0) is 0 Å². The molecule has 0 spiro atoms. The predicted octanol–water partition coefficient (Wildman–Crippen LogP) is 3.67. The molecule has 1 aliphatic heterocycles. The molecule has 0 aromatic rings. The molecule has 2 unspecified atom stereocenters. The molecule has 2 aliphatic rings. The van der Waals surface area contributed by atoms with Gasteiger partial charge in [0.2, 0.25) is 0 Å². The van der Waals surface area contributed by atoms with Gasteiger partial charge in [-0.1, -0.05) is 39.0 Å². The van der Waals surface area contributed by atoms with E-state index in [4.69, 9.17) is 0 Å². The van der Waals surface area contributed by atoms with E-state index in [0.717, 1.165) is 17.9 Å². The maximum Gasteiger partial charge on any atom is 0.0104 e. The molecule has 2 fully saturated rings. The van der Waals surface area contributed by atoms with Gasteiger partial charge in [-0.05, 0) is 57.7 Å². The zero-order valence-electron chi connectivity index (χ0n) is 13.2. The third-order valence-electron chi connectivity index (χ3n) is 5.43. The fourth-order valence-corrected chi connectivity index (χ4v) is 4.18. The Balaban J connectivity index is 1.76. The van der Waals surface area contributed by atoms with Gasteiger partial charge in [0, 0.05) is 12.6 Å². The zero-order chi connectivity index (χ0) is 13.5. The van der Waals surface area contributed by atoms with Crippen molar-refractivity contribution >= 4 is 0 Å². The minimum absolute atomic E-state index is 0.774. The molecule has 19 heavy (non-hydrogen) atoms. The van der Waals surface area contributed by atoms with Crippen LogP contribution >= 0.6 is 0 Å². The minimum atomic E-state index is 0.774. The maximum atomic E-state index is 3.59. The van der Waals surface area contributed by atoms with Crippen LogP contribution in [0.1, 0.15) is 64.7 Å². The van der Waals surface area contributed by atoms with Gasteiger partial charge in [-0.2, -0.15) is 0 Å². The summed E-state index contributed by atoms with van der Waals surface area (Å²) >= 11 is 0.